The van der Waals surface area contributed by atoms with E-state index in [1.807, 2.05) is 0 Å². The van der Waals surface area contributed by atoms with Gasteiger partial charge in [-0.3, -0.25) is 0 Å². The number of nitrogens with one attached hydrogen (secondary N) is 1. The monoisotopic (exact) mass is 206 g/mol. The number of rotatable bonds is 2. The van der Waals surface area contributed by atoms with Crippen molar-refractivity contribution in [3.8, 4) is 0 Å². The quantitative estimate of drug-likeness (QED) is 0.735. The number of halogens is 1. The zero-order chi connectivity index (χ0) is 9.19. The Labute approximate surface area is 75.0 Å². The maximum absolute atomic E-state index is 10.8. The van der Waals surface area contributed by atoms with Gasteiger partial charge in [0.05, 0.1) is 0 Å². The van der Waals surface area contributed by atoms with Crippen LogP contribution in [0.5, 0.6) is 0 Å². The molecule has 0 atom stereocenters. The van der Waals surface area contributed by atoms with Gasteiger partial charge < -0.3 is 5.32 Å². The highest BCUT2D eigenvalue weighted by Gasteiger charge is 2.10. The van der Waals surface area contributed by atoms with E-state index in [-0.39, 0.29) is 5.03 Å². The largest absolute Gasteiger partial charge is 0.373 e. The van der Waals surface area contributed by atoms with Crippen LogP contribution in [0.15, 0.2) is 23.2 Å². The van der Waals surface area contributed by atoms with Gasteiger partial charge in [-0.1, -0.05) is 6.07 Å². The average molecular weight is 207 g/mol. The summed E-state index contributed by atoms with van der Waals surface area (Å²) in [7, 11) is 3.00. The van der Waals surface area contributed by atoms with E-state index in [4.69, 9.17) is 10.7 Å². The maximum atomic E-state index is 10.8. The summed E-state index contributed by atoms with van der Waals surface area (Å²) in [5.41, 5.74) is 0. The molecule has 0 aliphatic rings. The SMILES string of the molecule is CNc1cccc(S(=O)(=O)Cl)n1. The van der Waals surface area contributed by atoms with Crippen LogP contribution in [-0.4, -0.2) is 20.4 Å². The van der Waals surface area contributed by atoms with E-state index < -0.39 is 9.05 Å². The topological polar surface area (TPSA) is 59.1 Å². The molecule has 0 amide bonds. The normalized spacial score (nSPS) is 11.2. The highest BCUT2D eigenvalue weighted by atomic mass is 35.7. The minimum Gasteiger partial charge on any atom is -0.373 e. The van der Waals surface area contributed by atoms with Gasteiger partial charge in [-0.05, 0) is 12.1 Å². The van der Waals surface area contributed by atoms with Crippen molar-refractivity contribution in [3.05, 3.63) is 18.2 Å². The van der Waals surface area contributed by atoms with Crippen molar-refractivity contribution in [2.75, 3.05) is 12.4 Å². The van der Waals surface area contributed by atoms with Crippen molar-refractivity contribution < 1.29 is 8.42 Å². The van der Waals surface area contributed by atoms with Gasteiger partial charge in [0.1, 0.15) is 5.82 Å². The molecule has 0 fully saturated rings. The third kappa shape index (κ3) is 2.09. The number of hydrogen-bond donors (Lipinski definition) is 1. The summed E-state index contributed by atoms with van der Waals surface area (Å²) < 4.78 is 21.6. The maximum Gasteiger partial charge on any atom is 0.278 e. The Kier molecular flexibility index (Phi) is 2.54. The van der Waals surface area contributed by atoms with Gasteiger partial charge in [-0.15, -0.1) is 0 Å². The Hall–Kier alpha value is -0.810. The molecule has 1 heterocycles. The first-order valence-electron chi connectivity index (χ1n) is 3.13. The highest BCUT2D eigenvalue weighted by Crippen LogP contribution is 2.13. The molecule has 1 aromatic rings. The molecule has 1 N–H and O–H groups in total. The summed E-state index contributed by atoms with van der Waals surface area (Å²) in [5, 5.41) is 2.56. The lowest BCUT2D eigenvalue weighted by molar-refractivity contribution is 0.606. The van der Waals surface area contributed by atoms with E-state index in [0.717, 1.165) is 0 Å². The smallest absolute Gasteiger partial charge is 0.278 e. The van der Waals surface area contributed by atoms with Crippen molar-refractivity contribution >= 4 is 25.6 Å². The molecule has 0 aromatic carbocycles. The number of nitrogens with zero attached hydrogens (tertiary/aromatic N) is 1. The third-order valence-corrected chi connectivity index (χ3v) is 2.43. The van der Waals surface area contributed by atoms with Crippen LogP contribution in [0.3, 0.4) is 0 Å². The highest BCUT2D eigenvalue weighted by molar-refractivity contribution is 8.13. The van der Waals surface area contributed by atoms with E-state index in [1.54, 1.807) is 19.2 Å². The van der Waals surface area contributed by atoms with Crippen LogP contribution < -0.4 is 5.32 Å². The average Bonchev–Trinajstić information content (AvgIpc) is 2.03. The molecule has 6 heteroatoms. The predicted molar refractivity (Wildman–Crippen MR) is 46.8 cm³/mol. The fourth-order valence-electron chi connectivity index (χ4n) is 0.690. The standard InChI is InChI=1S/C6H7ClN2O2S/c1-8-5-3-2-4-6(9-5)12(7,10)11/h2-4H,1H3,(H,8,9). The Balaban J connectivity index is 3.20. The molecule has 0 radical (unpaired) electrons. The van der Waals surface area contributed by atoms with Crippen molar-refractivity contribution in [1.82, 2.24) is 4.98 Å². The summed E-state index contributed by atoms with van der Waals surface area (Å²) in [6, 6.07) is 4.54. The fourth-order valence-corrected chi connectivity index (χ4v) is 1.40. The molecular formula is C6H7ClN2O2S. The minimum atomic E-state index is -3.71. The van der Waals surface area contributed by atoms with Crippen LogP contribution in [0.4, 0.5) is 5.82 Å². The van der Waals surface area contributed by atoms with Crippen molar-refractivity contribution in [3.63, 3.8) is 0 Å². The lowest BCUT2D eigenvalue weighted by Crippen LogP contribution is -1.98. The van der Waals surface area contributed by atoms with Crippen LogP contribution >= 0.6 is 10.7 Å². The molecule has 0 aliphatic heterocycles. The Morgan fingerprint density at radius 1 is 1.50 bits per heavy atom. The molecule has 0 bridgehead atoms. The molecule has 0 unspecified atom stereocenters. The molecular weight excluding hydrogens is 200 g/mol. The van der Waals surface area contributed by atoms with Crippen LogP contribution in [0, 0.1) is 0 Å². The number of aromatic nitrogens is 1. The van der Waals surface area contributed by atoms with Gasteiger partial charge in [0.2, 0.25) is 0 Å². The molecule has 4 nitrogen and oxygen atoms in total. The number of hydrogen-bond acceptors (Lipinski definition) is 4. The van der Waals surface area contributed by atoms with Crippen LogP contribution in [0.25, 0.3) is 0 Å². The zero-order valence-electron chi connectivity index (χ0n) is 6.28. The Morgan fingerprint density at radius 3 is 2.67 bits per heavy atom. The number of pyridine rings is 1. The van der Waals surface area contributed by atoms with E-state index >= 15 is 0 Å². The van der Waals surface area contributed by atoms with Crippen molar-refractivity contribution in [2.24, 2.45) is 0 Å². The second kappa shape index (κ2) is 3.28. The van der Waals surface area contributed by atoms with Crippen LogP contribution in [0.1, 0.15) is 0 Å². The Bertz CT molecular complexity index is 377. The first-order chi connectivity index (χ1) is 5.54. The summed E-state index contributed by atoms with van der Waals surface area (Å²) in [6.07, 6.45) is 0. The first kappa shape index (κ1) is 9.28. The lowest BCUT2D eigenvalue weighted by Gasteiger charge is -1.99. The first-order valence-corrected chi connectivity index (χ1v) is 5.44. The van der Waals surface area contributed by atoms with Gasteiger partial charge >= 0.3 is 0 Å². The van der Waals surface area contributed by atoms with Crippen molar-refractivity contribution in [1.29, 1.82) is 0 Å². The summed E-state index contributed by atoms with van der Waals surface area (Å²) in [5.74, 6) is 0.469. The second-order valence-corrected chi connectivity index (χ2v) is 4.56. The van der Waals surface area contributed by atoms with Crippen LogP contribution in [-0.2, 0) is 9.05 Å². The Morgan fingerprint density at radius 2 is 2.17 bits per heavy atom. The summed E-state index contributed by atoms with van der Waals surface area (Å²) >= 11 is 0. The summed E-state index contributed by atoms with van der Waals surface area (Å²) in [6.45, 7) is 0. The van der Waals surface area contributed by atoms with Gasteiger partial charge in [0.25, 0.3) is 9.05 Å². The predicted octanol–water partition coefficient (Wildman–Crippen LogP) is 1.05. The molecule has 1 rings (SSSR count). The molecule has 12 heavy (non-hydrogen) atoms. The van der Waals surface area contributed by atoms with Gasteiger partial charge in [-0.2, -0.15) is 0 Å². The van der Waals surface area contributed by atoms with E-state index in [1.165, 1.54) is 6.07 Å². The van der Waals surface area contributed by atoms with E-state index in [0.29, 0.717) is 5.82 Å². The molecule has 1 aromatic heterocycles. The van der Waals surface area contributed by atoms with E-state index in [9.17, 15) is 8.42 Å². The molecule has 66 valence electrons. The molecule has 0 spiro atoms. The van der Waals surface area contributed by atoms with Crippen molar-refractivity contribution in [2.45, 2.75) is 5.03 Å². The third-order valence-electron chi connectivity index (χ3n) is 1.23. The fraction of sp³-hybridized carbons (Fsp3) is 0.167. The van der Waals surface area contributed by atoms with Gasteiger partial charge in [0, 0.05) is 17.7 Å². The number of anilines is 1. The lowest BCUT2D eigenvalue weighted by atomic mass is 10.5. The minimum absolute atomic E-state index is 0.143. The molecule has 0 saturated heterocycles. The zero-order valence-corrected chi connectivity index (χ0v) is 7.85. The van der Waals surface area contributed by atoms with E-state index in [2.05, 4.69) is 10.3 Å². The van der Waals surface area contributed by atoms with Gasteiger partial charge in [-0.25, -0.2) is 13.4 Å². The second-order valence-electron chi connectivity index (χ2n) is 2.05. The molecule has 0 aliphatic carbocycles. The molecule has 0 saturated carbocycles. The summed E-state index contributed by atoms with van der Waals surface area (Å²) in [4.78, 5) is 3.73. The van der Waals surface area contributed by atoms with Gasteiger partial charge in [0.15, 0.2) is 5.03 Å². The van der Waals surface area contributed by atoms with Crippen LogP contribution in [0.2, 0.25) is 0 Å².